The maximum absolute atomic E-state index is 13.9. The van der Waals surface area contributed by atoms with Gasteiger partial charge in [0, 0.05) is 44.3 Å². The monoisotopic (exact) mass is 618 g/mol. The molecule has 0 radical (unpaired) electrons. The molecule has 0 atom stereocenters. The Morgan fingerprint density at radius 3 is 2.19 bits per heavy atom. The summed E-state index contributed by atoms with van der Waals surface area (Å²) in [6.45, 7) is 7.12. The predicted octanol–water partition coefficient (Wildman–Crippen LogP) is 5.97. The molecule has 0 aliphatic carbocycles. The minimum absolute atomic E-state index is 0.0481. The van der Waals surface area contributed by atoms with Crippen LogP contribution in [0.1, 0.15) is 37.7 Å². The highest BCUT2D eigenvalue weighted by Gasteiger charge is 2.33. The first-order valence-electron chi connectivity index (χ1n) is 15.2. The van der Waals surface area contributed by atoms with Crippen molar-refractivity contribution in [2.75, 3.05) is 70.5 Å². The van der Waals surface area contributed by atoms with Crippen molar-refractivity contribution in [3.05, 3.63) is 63.9 Å². The zero-order valence-corrected chi connectivity index (χ0v) is 25.7. The lowest BCUT2D eigenvalue weighted by Crippen LogP contribution is -2.51. The average Bonchev–Trinajstić information content (AvgIpc) is 3.02. The van der Waals surface area contributed by atoms with Gasteiger partial charge in [-0.15, -0.1) is 0 Å². The molecule has 0 spiro atoms. The van der Waals surface area contributed by atoms with Gasteiger partial charge in [0.15, 0.2) is 0 Å². The molecule has 3 aliphatic heterocycles. The maximum Gasteiger partial charge on any atom is 0.320 e. The Labute approximate surface area is 258 Å². The van der Waals surface area contributed by atoms with Crippen LogP contribution < -0.4 is 4.90 Å². The minimum Gasteiger partial charge on any atom is -0.378 e. The number of hydrogen-bond acceptors (Lipinski definition) is 4. The number of piperidine rings is 2. The van der Waals surface area contributed by atoms with E-state index in [9.17, 15) is 14.0 Å². The first-order valence-corrected chi connectivity index (χ1v) is 16.0. The second kappa shape index (κ2) is 14.9. The van der Waals surface area contributed by atoms with Gasteiger partial charge in [0.2, 0.25) is 5.91 Å². The Morgan fingerprint density at radius 2 is 1.52 bits per heavy atom. The molecule has 5 rings (SSSR count). The first kappa shape index (κ1) is 31.0. The van der Waals surface area contributed by atoms with E-state index in [4.69, 9.17) is 27.9 Å². The van der Waals surface area contributed by atoms with Crippen molar-refractivity contribution in [1.82, 2.24) is 14.7 Å². The number of amides is 3. The summed E-state index contributed by atoms with van der Waals surface area (Å²) < 4.78 is 18.6. The van der Waals surface area contributed by atoms with E-state index in [0.29, 0.717) is 74.7 Å². The van der Waals surface area contributed by atoms with Crippen LogP contribution in [0.15, 0.2) is 42.5 Å². The van der Waals surface area contributed by atoms with Crippen molar-refractivity contribution in [1.29, 1.82) is 0 Å². The van der Waals surface area contributed by atoms with Crippen LogP contribution in [0.4, 0.5) is 14.9 Å². The third-order valence-corrected chi connectivity index (χ3v) is 9.62. The SMILES string of the molecule is O=C(N1CCOCC1)N1CCC(C(=O)N(CCCN2CCC(Cc3ccc(F)cc3)CC2)c2ccc(Cl)c(Cl)c2)CC1. The molecule has 3 amide bonds. The Balaban J connectivity index is 1.13. The summed E-state index contributed by atoms with van der Waals surface area (Å²) >= 11 is 12.5. The quantitative estimate of drug-likeness (QED) is 0.365. The third kappa shape index (κ3) is 8.16. The van der Waals surface area contributed by atoms with Gasteiger partial charge in [0.25, 0.3) is 0 Å². The molecule has 2 aromatic rings. The van der Waals surface area contributed by atoms with E-state index < -0.39 is 0 Å². The van der Waals surface area contributed by atoms with Crippen molar-refractivity contribution in [3.63, 3.8) is 0 Å². The van der Waals surface area contributed by atoms with Gasteiger partial charge >= 0.3 is 6.03 Å². The molecule has 2 aromatic carbocycles. The number of hydrogen-bond donors (Lipinski definition) is 0. The molecular weight excluding hydrogens is 578 g/mol. The standard InChI is InChI=1S/C32H41Cl2FN4O3/c33-29-7-6-28(23-30(29)34)39(31(40)26-10-16-37(17-11-26)32(41)38-18-20-42-21-19-38)13-1-12-36-14-8-25(9-15-36)22-24-2-4-27(35)5-3-24/h2-7,23,25-26H,1,8-22H2. The van der Waals surface area contributed by atoms with Gasteiger partial charge in [0.05, 0.1) is 23.3 Å². The van der Waals surface area contributed by atoms with E-state index in [0.717, 1.165) is 51.0 Å². The van der Waals surface area contributed by atoms with Crippen molar-refractivity contribution in [2.24, 2.45) is 11.8 Å². The molecule has 3 aliphatic rings. The molecule has 0 aromatic heterocycles. The number of carbonyl (C=O) groups is 2. The number of morpholine rings is 1. The summed E-state index contributed by atoms with van der Waals surface area (Å²) in [6, 6.07) is 12.3. The number of halogens is 3. The molecule has 7 nitrogen and oxygen atoms in total. The van der Waals surface area contributed by atoms with Gasteiger partial charge in [-0.3, -0.25) is 4.79 Å². The number of likely N-dealkylation sites (tertiary alicyclic amines) is 2. The zero-order chi connectivity index (χ0) is 29.5. The Bertz CT molecular complexity index is 1190. The average molecular weight is 620 g/mol. The summed E-state index contributed by atoms with van der Waals surface area (Å²) in [5, 5.41) is 0.896. The van der Waals surface area contributed by atoms with Crippen LogP contribution in [0.25, 0.3) is 0 Å². The van der Waals surface area contributed by atoms with Crippen LogP contribution in [0.3, 0.4) is 0 Å². The van der Waals surface area contributed by atoms with E-state index >= 15 is 0 Å². The highest BCUT2D eigenvalue weighted by molar-refractivity contribution is 6.42. The maximum atomic E-state index is 13.9. The number of ether oxygens (including phenoxy) is 1. The topological polar surface area (TPSA) is 56.3 Å². The second-order valence-electron chi connectivity index (χ2n) is 11.7. The van der Waals surface area contributed by atoms with E-state index in [1.165, 1.54) is 5.56 Å². The lowest BCUT2D eigenvalue weighted by Gasteiger charge is -2.38. The molecule has 0 saturated carbocycles. The number of nitrogens with zero attached hydrogens (tertiary/aromatic N) is 4. The Hall–Kier alpha value is -2.39. The van der Waals surface area contributed by atoms with E-state index in [1.54, 1.807) is 24.3 Å². The molecule has 0 N–H and O–H groups in total. The number of urea groups is 1. The smallest absolute Gasteiger partial charge is 0.320 e. The third-order valence-electron chi connectivity index (χ3n) is 8.88. The largest absolute Gasteiger partial charge is 0.378 e. The van der Waals surface area contributed by atoms with Crippen LogP contribution in [-0.2, 0) is 16.0 Å². The molecule has 0 unspecified atom stereocenters. The number of carbonyl (C=O) groups excluding carboxylic acids is 2. The summed E-state index contributed by atoms with van der Waals surface area (Å²) in [5.41, 5.74) is 1.96. The molecule has 0 bridgehead atoms. The highest BCUT2D eigenvalue weighted by Crippen LogP contribution is 2.30. The van der Waals surface area contributed by atoms with Crippen LogP contribution in [-0.4, -0.2) is 92.2 Å². The highest BCUT2D eigenvalue weighted by atomic mass is 35.5. The van der Waals surface area contributed by atoms with E-state index in [1.807, 2.05) is 32.9 Å². The summed E-state index contributed by atoms with van der Waals surface area (Å²) in [6.07, 6.45) is 5.37. The fourth-order valence-electron chi connectivity index (χ4n) is 6.33. The normalized spacial score (nSPS) is 19.2. The van der Waals surface area contributed by atoms with Crippen molar-refractivity contribution in [3.8, 4) is 0 Å². The second-order valence-corrected chi connectivity index (χ2v) is 12.5. The molecule has 228 valence electrons. The molecule has 3 heterocycles. The van der Waals surface area contributed by atoms with Gasteiger partial charge < -0.3 is 24.3 Å². The van der Waals surface area contributed by atoms with Crippen molar-refractivity contribution < 1.29 is 18.7 Å². The van der Waals surface area contributed by atoms with Crippen molar-refractivity contribution >= 4 is 40.8 Å². The van der Waals surface area contributed by atoms with Crippen LogP contribution in [0.2, 0.25) is 10.0 Å². The molecule has 42 heavy (non-hydrogen) atoms. The van der Waals surface area contributed by atoms with Crippen LogP contribution >= 0.6 is 23.2 Å². The molecule has 3 saturated heterocycles. The Morgan fingerprint density at radius 1 is 0.857 bits per heavy atom. The first-order chi connectivity index (χ1) is 20.4. The van der Waals surface area contributed by atoms with E-state index in [-0.39, 0.29) is 23.7 Å². The van der Waals surface area contributed by atoms with Gasteiger partial charge in [-0.2, -0.15) is 0 Å². The van der Waals surface area contributed by atoms with Gasteiger partial charge in [-0.05, 0) is 100.0 Å². The molecule has 3 fully saturated rings. The summed E-state index contributed by atoms with van der Waals surface area (Å²) in [4.78, 5) is 34.9. The summed E-state index contributed by atoms with van der Waals surface area (Å²) in [7, 11) is 0. The zero-order valence-electron chi connectivity index (χ0n) is 24.2. The molecule has 10 heteroatoms. The number of anilines is 1. The molecular formula is C32H41Cl2FN4O3. The van der Waals surface area contributed by atoms with Crippen LogP contribution in [0, 0.1) is 17.7 Å². The van der Waals surface area contributed by atoms with Crippen LogP contribution in [0.5, 0.6) is 0 Å². The number of benzene rings is 2. The fraction of sp³-hybridized carbons (Fsp3) is 0.562. The lowest BCUT2D eigenvalue weighted by molar-refractivity contribution is -0.123. The summed E-state index contributed by atoms with van der Waals surface area (Å²) in [5.74, 6) is 0.369. The predicted molar refractivity (Wildman–Crippen MR) is 165 cm³/mol. The minimum atomic E-state index is -0.189. The van der Waals surface area contributed by atoms with E-state index in [2.05, 4.69) is 4.90 Å². The van der Waals surface area contributed by atoms with Gasteiger partial charge in [-0.1, -0.05) is 35.3 Å². The van der Waals surface area contributed by atoms with Crippen molar-refractivity contribution in [2.45, 2.75) is 38.5 Å². The van der Waals surface area contributed by atoms with Gasteiger partial charge in [0.1, 0.15) is 5.82 Å². The Kier molecular flexibility index (Phi) is 11.0. The fourth-order valence-corrected chi connectivity index (χ4v) is 6.62. The van der Waals surface area contributed by atoms with Gasteiger partial charge in [-0.25, -0.2) is 9.18 Å². The lowest BCUT2D eigenvalue weighted by atomic mass is 9.90. The number of rotatable bonds is 8.